The molecule has 0 fully saturated rings. The fourth-order valence-electron chi connectivity index (χ4n) is 2.32. The third-order valence-electron chi connectivity index (χ3n) is 3.49. The molecular weight excluding hydrogens is 232 g/mol. The second-order valence-corrected chi connectivity index (χ2v) is 5.16. The van der Waals surface area contributed by atoms with E-state index in [1.165, 1.54) is 22.3 Å². The topological polar surface area (TPSA) is 38.0 Å². The Bertz CT molecular complexity index is 517. The SMILES string of the molecule is Cc1ccc(C(CCc2cccc(C)c2)NN)cc1. The van der Waals surface area contributed by atoms with Gasteiger partial charge in [0, 0.05) is 6.04 Å². The molecule has 0 aliphatic carbocycles. The molecule has 0 aliphatic heterocycles. The first-order valence-electron chi connectivity index (χ1n) is 6.77. The highest BCUT2D eigenvalue weighted by Gasteiger charge is 2.09. The summed E-state index contributed by atoms with van der Waals surface area (Å²) in [5.41, 5.74) is 8.13. The van der Waals surface area contributed by atoms with Crippen LogP contribution in [0.1, 0.15) is 34.7 Å². The predicted molar refractivity (Wildman–Crippen MR) is 80.7 cm³/mol. The van der Waals surface area contributed by atoms with E-state index in [0.29, 0.717) is 0 Å². The maximum atomic E-state index is 5.69. The summed E-state index contributed by atoms with van der Waals surface area (Å²) in [5.74, 6) is 5.69. The lowest BCUT2D eigenvalue weighted by molar-refractivity contribution is 0.516. The number of hydrogen-bond donors (Lipinski definition) is 2. The van der Waals surface area contributed by atoms with E-state index >= 15 is 0 Å². The largest absolute Gasteiger partial charge is 0.271 e. The third-order valence-corrected chi connectivity index (χ3v) is 3.49. The molecule has 2 nitrogen and oxygen atoms in total. The van der Waals surface area contributed by atoms with Crippen molar-refractivity contribution >= 4 is 0 Å². The molecule has 0 heterocycles. The zero-order valence-corrected chi connectivity index (χ0v) is 11.7. The van der Waals surface area contributed by atoms with Gasteiger partial charge in [-0.25, -0.2) is 0 Å². The van der Waals surface area contributed by atoms with E-state index in [2.05, 4.69) is 67.8 Å². The summed E-state index contributed by atoms with van der Waals surface area (Å²) in [4.78, 5) is 0. The van der Waals surface area contributed by atoms with Crippen molar-refractivity contribution in [2.45, 2.75) is 32.7 Å². The number of nitrogens with two attached hydrogens (primary N) is 1. The Morgan fingerprint density at radius 1 is 1.00 bits per heavy atom. The molecule has 2 heteroatoms. The predicted octanol–water partition coefficient (Wildman–Crippen LogP) is 3.44. The minimum Gasteiger partial charge on any atom is -0.271 e. The highest BCUT2D eigenvalue weighted by atomic mass is 15.2. The smallest absolute Gasteiger partial charge is 0.0463 e. The van der Waals surface area contributed by atoms with Gasteiger partial charge in [-0.1, -0.05) is 59.7 Å². The monoisotopic (exact) mass is 254 g/mol. The Kier molecular flexibility index (Phi) is 4.72. The quantitative estimate of drug-likeness (QED) is 0.633. The molecule has 19 heavy (non-hydrogen) atoms. The van der Waals surface area contributed by atoms with Crippen LogP contribution >= 0.6 is 0 Å². The molecule has 1 unspecified atom stereocenters. The van der Waals surface area contributed by atoms with E-state index in [-0.39, 0.29) is 6.04 Å². The molecule has 2 aromatic carbocycles. The number of hydrazine groups is 1. The van der Waals surface area contributed by atoms with Crippen molar-refractivity contribution in [3.8, 4) is 0 Å². The lowest BCUT2D eigenvalue weighted by Crippen LogP contribution is -2.28. The van der Waals surface area contributed by atoms with Gasteiger partial charge in [0.05, 0.1) is 0 Å². The summed E-state index contributed by atoms with van der Waals surface area (Å²) in [6.45, 7) is 4.23. The Labute approximate surface area is 115 Å². The first-order chi connectivity index (χ1) is 9.19. The van der Waals surface area contributed by atoms with Crippen LogP contribution in [0.4, 0.5) is 0 Å². The molecule has 0 saturated carbocycles. The molecule has 0 aliphatic rings. The Morgan fingerprint density at radius 2 is 1.74 bits per heavy atom. The van der Waals surface area contributed by atoms with Crippen LogP contribution in [0, 0.1) is 13.8 Å². The van der Waals surface area contributed by atoms with Crippen LogP contribution in [0.25, 0.3) is 0 Å². The van der Waals surface area contributed by atoms with E-state index in [1.54, 1.807) is 0 Å². The molecule has 0 spiro atoms. The van der Waals surface area contributed by atoms with E-state index in [0.717, 1.165) is 12.8 Å². The first-order valence-corrected chi connectivity index (χ1v) is 6.77. The maximum absolute atomic E-state index is 5.69. The van der Waals surface area contributed by atoms with E-state index < -0.39 is 0 Å². The normalized spacial score (nSPS) is 12.4. The summed E-state index contributed by atoms with van der Waals surface area (Å²) < 4.78 is 0. The second-order valence-electron chi connectivity index (χ2n) is 5.16. The number of nitrogens with one attached hydrogen (secondary N) is 1. The number of aryl methyl sites for hydroxylation is 3. The van der Waals surface area contributed by atoms with Gasteiger partial charge < -0.3 is 0 Å². The summed E-state index contributed by atoms with van der Waals surface area (Å²) in [5, 5.41) is 0. The standard InChI is InChI=1S/C17H22N2/c1-13-6-9-16(10-7-13)17(19-18)11-8-15-5-3-4-14(2)12-15/h3-7,9-10,12,17,19H,8,11,18H2,1-2H3. The van der Waals surface area contributed by atoms with Crippen LogP contribution < -0.4 is 11.3 Å². The molecular formula is C17H22N2. The van der Waals surface area contributed by atoms with E-state index in [1.807, 2.05) is 0 Å². The lowest BCUT2D eigenvalue weighted by Gasteiger charge is -2.16. The van der Waals surface area contributed by atoms with Gasteiger partial charge in [-0.15, -0.1) is 0 Å². The van der Waals surface area contributed by atoms with Gasteiger partial charge >= 0.3 is 0 Å². The molecule has 3 N–H and O–H groups in total. The average molecular weight is 254 g/mol. The highest BCUT2D eigenvalue weighted by molar-refractivity contribution is 5.25. The van der Waals surface area contributed by atoms with E-state index in [4.69, 9.17) is 5.84 Å². The number of rotatable bonds is 5. The number of hydrogen-bond acceptors (Lipinski definition) is 2. The average Bonchev–Trinajstić information content (AvgIpc) is 2.41. The summed E-state index contributed by atoms with van der Waals surface area (Å²) in [6, 6.07) is 17.4. The van der Waals surface area contributed by atoms with Crippen molar-refractivity contribution in [3.05, 3.63) is 70.8 Å². The van der Waals surface area contributed by atoms with Gasteiger partial charge in [0.25, 0.3) is 0 Å². The van der Waals surface area contributed by atoms with E-state index in [9.17, 15) is 0 Å². The van der Waals surface area contributed by atoms with Crippen LogP contribution in [0.3, 0.4) is 0 Å². The fourth-order valence-corrected chi connectivity index (χ4v) is 2.32. The molecule has 1 atom stereocenters. The first kappa shape index (κ1) is 13.8. The van der Waals surface area contributed by atoms with Crippen LogP contribution in [0.5, 0.6) is 0 Å². The van der Waals surface area contributed by atoms with Crippen molar-refractivity contribution in [2.24, 2.45) is 5.84 Å². The summed E-state index contributed by atoms with van der Waals surface area (Å²) >= 11 is 0. The second kappa shape index (κ2) is 6.50. The number of benzene rings is 2. The Morgan fingerprint density at radius 3 is 2.37 bits per heavy atom. The summed E-state index contributed by atoms with van der Waals surface area (Å²) in [6.07, 6.45) is 2.04. The van der Waals surface area contributed by atoms with Gasteiger partial charge in [-0.05, 0) is 37.8 Å². The van der Waals surface area contributed by atoms with Crippen molar-refractivity contribution in [3.63, 3.8) is 0 Å². The molecule has 2 aromatic rings. The van der Waals surface area contributed by atoms with Crippen LogP contribution in [-0.4, -0.2) is 0 Å². The van der Waals surface area contributed by atoms with Gasteiger partial charge in [-0.3, -0.25) is 11.3 Å². The molecule has 100 valence electrons. The van der Waals surface area contributed by atoms with Gasteiger partial charge in [-0.2, -0.15) is 0 Å². The maximum Gasteiger partial charge on any atom is 0.0463 e. The van der Waals surface area contributed by atoms with Crippen LogP contribution in [0.2, 0.25) is 0 Å². The molecule has 0 aromatic heterocycles. The Hall–Kier alpha value is -1.64. The van der Waals surface area contributed by atoms with Gasteiger partial charge in [0.2, 0.25) is 0 Å². The van der Waals surface area contributed by atoms with Crippen molar-refractivity contribution in [2.75, 3.05) is 0 Å². The zero-order valence-electron chi connectivity index (χ0n) is 11.7. The van der Waals surface area contributed by atoms with Crippen molar-refractivity contribution < 1.29 is 0 Å². The molecule has 0 amide bonds. The fraction of sp³-hybridized carbons (Fsp3) is 0.294. The van der Waals surface area contributed by atoms with Crippen molar-refractivity contribution in [1.29, 1.82) is 0 Å². The van der Waals surface area contributed by atoms with Crippen molar-refractivity contribution in [1.82, 2.24) is 5.43 Å². The van der Waals surface area contributed by atoms with Crippen LogP contribution in [0.15, 0.2) is 48.5 Å². The highest BCUT2D eigenvalue weighted by Crippen LogP contribution is 2.19. The minimum absolute atomic E-state index is 0.209. The Balaban J connectivity index is 2.01. The molecule has 2 rings (SSSR count). The molecule has 0 saturated heterocycles. The van der Waals surface area contributed by atoms with Crippen LogP contribution in [-0.2, 0) is 6.42 Å². The third kappa shape index (κ3) is 3.91. The lowest BCUT2D eigenvalue weighted by atomic mass is 9.98. The molecule has 0 bridgehead atoms. The minimum atomic E-state index is 0.209. The zero-order chi connectivity index (χ0) is 13.7. The van der Waals surface area contributed by atoms with Gasteiger partial charge in [0.1, 0.15) is 0 Å². The molecule has 0 radical (unpaired) electrons. The van der Waals surface area contributed by atoms with Gasteiger partial charge in [0.15, 0.2) is 0 Å². The summed E-state index contributed by atoms with van der Waals surface area (Å²) in [7, 11) is 0.